The average Bonchev–Trinajstić information content (AvgIpc) is 2.35. The van der Waals surface area contributed by atoms with E-state index in [0.717, 1.165) is 0 Å². The van der Waals surface area contributed by atoms with Crippen LogP contribution in [0.5, 0.6) is 0 Å². The third-order valence-electron chi connectivity index (χ3n) is 2.96. The van der Waals surface area contributed by atoms with E-state index in [1.165, 1.54) is 7.11 Å². The maximum absolute atomic E-state index is 11.9. The van der Waals surface area contributed by atoms with Crippen LogP contribution in [0.3, 0.4) is 0 Å². The maximum Gasteiger partial charge on any atom is 0.316 e. The highest BCUT2D eigenvalue weighted by atomic mass is 35.5. The molecule has 1 rings (SSSR count). The summed E-state index contributed by atoms with van der Waals surface area (Å²) in [6.45, 7) is 1.67. The smallest absolute Gasteiger partial charge is 0.316 e. The van der Waals surface area contributed by atoms with Gasteiger partial charge < -0.3 is 9.84 Å². The Morgan fingerprint density at radius 1 is 1.33 bits per heavy atom. The van der Waals surface area contributed by atoms with Gasteiger partial charge in [-0.25, -0.2) is 0 Å². The molecule has 1 unspecified atom stereocenters. The van der Waals surface area contributed by atoms with Crippen molar-refractivity contribution >= 4 is 23.5 Å². The number of rotatable bonds is 5. The normalized spacial score (nSPS) is 13.7. The van der Waals surface area contributed by atoms with E-state index in [-0.39, 0.29) is 12.8 Å². The first-order valence-corrected chi connectivity index (χ1v) is 5.84. The van der Waals surface area contributed by atoms with Gasteiger partial charge in [0.25, 0.3) is 0 Å². The predicted octanol–water partition coefficient (Wildman–Crippen LogP) is 2.64. The third kappa shape index (κ3) is 3.23. The fourth-order valence-corrected chi connectivity index (χ4v) is 1.89. The van der Waals surface area contributed by atoms with Crippen molar-refractivity contribution in [2.45, 2.75) is 25.2 Å². The number of carbonyl (C=O) groups is 2. The van der Waals surface area contributed by atoms with Crippen molar-refractivity contribution in [2.75, 3.05) is 7.11 Å². The van der Waals surface area contributed by atoms with E-state index in [1.54, 1.807) is 31.2 Å². The highest BCUT2D eigenvalue weighted by Crippen LogP contribution is 2.31. The summed E-state index contributed by atoms with van der Waals surface area (Å²) in [7, 11) is 1.29. The summed E-state index contributed by atoms with van der Waals surface area (Å²) in [6.07, 6.45) is 0.0743. The van der Waals surface area contributed by atoms with E-state index >= 15 is 0 Å². The molecule has 0 amide bonds. The monoisotopic (exact) mass is 270 g/mol. The molecule has 0 saturated carbocycles. The van der Waals surface area contributed by atoms with E-state index < -0.39 is 17.4 Å². The zero-order chi connectivity index (χ0) is 13.8. The van der Waals surface area contributed by atoms with Crippen LogP contribution in [0.2, 0.25) is 5.02 Å². The highest BCUT2D eigenvalue weighted by Gasteiger charge is 2.36. The number of benzene rings is 1. The number of hydrogen-bond acceptors (Lipinski definition) is 3. The standard InChI is InChI=1S/C13H15ClO4/c1-13(12(17)18-2,8-7-11(15)16)9-3-5-10(14)6-4-9/h3-6H,7-8H2,1-2H3,(H,15,16). The van der Waals surface area contributed by atoms with Crippen LogP contribution >= 0.6 is 11.6 Å². The Kier molecular flexibility index (Phi) is 4.73. The third-order valence-corrected chi connectivity index (χ3v) is 3.21. The highest BCUT2D eigenvalue weighted by molar-refractivity contribution is 6.30. The van der Waals surface area contributed by atoms with Crippen molar-refractivity contribution in [3.8, 4) is 0 Å². The molecule has 0 heterocycles. The van der Waals surface area contributed by atoms with E-state index in [9.17, 15) is 9.59 Å². The Morgan fingerprint density at radius 3 is 2.33 bits per heavy atom. The molecule has 98 valence electrons. The van der Waals surface area contributed by atoms with Gasteiger partial charge in [0, 0.05) is 11.4 Å². The van der Waals surface area contributed by atoms with Gasteiger partial charge in [0.2, 0.25) is 0 Å². The zero-order valence-corrected chi connectivity index (χ0v) is 11.0. The Hall–Kier alpha value is -1.55. The molecule has 0 aliphatic carbocycles. The summed E-state index contributed by atoms with van der Waals surface area (Å²) in [5, 5.41) is 9.31. The molecule has 0 radical (unpaired) electrons. The van der Waals surface area contributed by atoms with Gasteiger partial charge in [-0.1, -0.05) is 23.7 Å². The second-order valence-electron chi connectivity index (χ2n) is 4.22. The molecule has 4 nitrogen and oxygen atoms in total. The molecule has 1 atom stereocenters. The summed E-state index contributed by atoms with van der Waals surface area (Å²) in [5.74, 6) is -1.40. The molecule has 0 saturated heterocycles. The first kappa shape index (κ1) is 14.5. The van der Waals surface area contributed by atoms with E-state index in [2.05, 4.69) is 0 Å². The van der Waals surface area contributed by atoms with Crippen molar-refractivity contribution < 1.29 is 19.4 Å². The van der Waals surface area contributed by atoms with Crippen LogP contribution in [0.4, 0.5) is 0 Å². The Labute approximate surface area is 111 Å². The first-order chi connectivity index (χ1) is 8.40. The number of esters is 1. The fraction of sp³-hybridized carbons (Fsp3) is 0.385. The average molecular weight is 271 g/mol. The van der Waals surface area contributed by atoms with Crippen LogP contribution in [0.1, 0.15) is 25.3 Å². The number of carbonyl (C=O) groups excluding carboxylic acids is 1. The molecule has 1 N–H and O–H groups in total. The molecule has 0 aromatic heterocycles. The van der Waals surface area contributed by atoms with Crippen LogP contribution < -0.4 is 0 Å². The van der Waals surface area contributed by atoms with Crippen LogP contribution in [0, 0.1) is 0 Å². The molecular formula is C13H15ClO4. The minimum atomic E-state index is -0.974. The van der Waals surface area contributed by atoms with Gasteiger partial charge in [-0.3, -0.25) is 9.59 Å². The fourth-order valence-electron chi connectivity index (χ4n) is 1.76. The lowest BCUT2D eigenvalue weighted by Crippen LogP contribution is -2.34. The van der Waals surface area contributed by atoms with Crippen LogP contribution in [0.25, 0.3) is 0 Å². The molecule has 0 bridgehead atoms. The van der Waals surface area contributed by atoms with Crippen molar-refractivity contribution in [2.24, 2.45) is 0 Å². The lowest BCUT2D eigenvalue weighted by molar-refractivity contribution is -0.147. The molecule has 1 aromatic rings. The van der Waals surface area contributed by atoms with Gasteiger partial charge >= 0.3 is 11.9 Å². The molecule has 0 aliphatic heterocycles. The van der Waals surface area contributed by atoms with Crippen LogP contribution in [0.15, 0.2) is 24.3 Å². The Bertz CT molecular complexity index is 441. The zero-order valence-electron chi connectivity index (χ0n) is 10.3. The molecule has 0 fully saturated rings. The molecule has 5 heteroatoms. The van der Waals surface area contributed by atoms with Gasteiger partial charge in [-0.05, 0) is 31.0 Å². The topological polar surface area (TPSA) is 63.6 Å². The summed E-state index contributed by atoms with van der Waals surface area (Å²) >= 11 is 5.79. The number of methoxy groups -OCH3 is 1. The molecule has 18 heavy (non-hydrogen) atoms. The number of aliphatic carboxylic acids is 1. The molecule has 1 aromatic carbocycles. The minimum Gasteiger partial charge on any atom is -0.481 e. The largest absolute Gasteiger partial charge is 0.481 e. The summed E-state index contributed by atoms with van der Waals surface area (Å²) in [5.41, 5.74) is -0.280. The summed E-state index contributed by atoms with van der Waals surface area (Å²) < 4.78 is 4.77. The van der Waals surface area contributed by atoms with Crippen molar-refractivity contribution in [1.82, 2.24) is 0 Å². The van der Waals surface area contributed by atoms with Gasteiger partial charge in [0.15, 0.2) is 0 Å². The maximum atomic E-state index is 11.9. The molecular weight excluding hydrogens is 256 g/mol. The summed E-state index contributed by atoms with van der Waals surface area (Å²) in [4.78, 5) is 22.6. The van der Waals surface area contributed by atoms with Gasteiger partial charge in [-0.2, -0.15) is 0 Å². The van der Waals surface area contributed by atoms with Gasteiger partial charge in [0.05, 0.1) is 12.5 Å². The van der Waals surface area contributed by atoms with Gasteiger partial charge in [0.1, 0.15) is 0 Å². The van der Waals surface area contributed by atoms with E-state index in [0.29, 0.717) is 10.6 Å². The Balaban J connectivity index is 3.07. The lowest BCUT2D eigenvalue weighted by Gasteiger charge is -2.26. The number of hydrogen-bond donors (Lipinski definition) is 1. The minimum absolute atomic E-state index is 0.103. The first-order valence-electron chi connectivity index (χ1n) is 5.46. The van der Waals surface area contributed by atoms with E-state index in [1.807, 2.05) is 0 Å². The Morgan fingerprint density at radius 2 is 1.89 bits per heavy atom. The van der Waals surface area contributed by atoms with Crippen molar-refractivity contribution in [1.29, 1.82) is 0 Å². The van der Waals surface area contributed by atoms with E-state index in [4.69, 9.17) is 21.4 Å². The quantitative estimate of drug-likeness (QED) is 0.836. The molecule has 0 aliphatic rings. The molecule has 0 spiro atoms. The number of carboxylic acid groups (broad SMARTS) is 1. The van der Waals surface area contributed by atoms with Crippen LogP contribution in [-0.2, 0) is 19.7 Å². The van der Waals surface area contributed by atoms with Crippen LogP contribution in [-0.4, -0.2) is 24.2 Å². The van der Waals surface area contributed by atoms with Crippen molar-refractivity contribution in [3.05, 3.63) is 34.9 Å². The predicted molar refractivity (Wildman–Crippen MR) is 67.7 cm³/mol. The summed E-state index contributed by atoms with van der Waals surface area (Å²) in [6, 6.07) is 6.75. The van der Waals surface area contributed by atoms with Gasteiger partial charge in [-0.15, -0.1) is 0 Å². The number of carboxylic acids is 1. The number of ether oxygens (including phenoxy) is 1. The SMILES string of the molecule is COC(=O)C(C)(CCC(=O)O)c1ccc(Cl)cc1. The second-order valence-corrected chi connectivity index (χ2v) is 4.66. The van der Waals surface area contributed by atoms with Crippen molar-refractivity contribution in [3.63, 3.8) is 0 Å². The lowest BCUT2D eigenvalue weighted by atomic mass is 9.78. The number of halogens is 1. The second kappa shape index (κ2) is 5.87.